The minimum atomic E-state index is -0.181. The maximum Gasteiger partial charge on any atom is 0.259 e. The van der Waals surface area contributed by atoms with Crippen LogP contribution in [0.5, 0.6) is 5.75 Å². The Morgan fingerprint density at radius 3 is 2.76 bits per heavy atom. The normalized spacial score (nSPS) is 10.6. The first-order valence-electron chi connectivity index (χ1n) is 6.71. The highest BCUT2D eigenvalue weighted by Crippen LogP contribution is 2.22. The number of ether oxygens (including phenoxy) is 1. The molecule has 0 radical (unpaired) electrons. The lowest BCUT2D eigenvalue weighted by molar-refractivity contribution is 0.102. The molecule has 1 amide bonds. The first-order chi connectivity index (χ1) is 10.2. The molecule has 0 atom stereocenters. The Balaban J connectivity index is 1.88. The van der Waals surface area contributed by atoms with Crippen LogP contribution in [-0.4, -0.2) is 18.0 Å². The van der Waals surface area contributed by atoms with E-state index in [1.165, 1.54) is 0 Å². The number of nitrogens with one attached hydrogen (secondary N) is 2. The van der Waals surface area contributed by atoms with Crippen LogP contribution in [0.15, 0.2) is 48.5 Å². The SMILES string of the molecule is COc1ccccc1C(=O)Nc1ccc2[nH]c(C)cc2c1. The molecule has 0 aliphatic rings. The lowest BCUT2D eigenvalue weighted by atomic mass is 10.1. The zero-order valence-electron chi connectivity index (χ0n) is 11.9. The smallest absolute Gasteiger partial charge is 0.259 e. The van der Waals surface area contributed by atoms with Crippen molar-refractivity contribution in [3.05, 3.63) is 59.8 Å². The molecule has 0 fully saturated rings. The zero-order valence-corrected chi connectivity index (χ0v) is 11.9. The Bertz CT molecular complexity index is 805. The number of methoxy groups -OCH3 is 1. The Hall–Kier alpha value is -2.75. The number of H-pyrrole nitrogens is 1. The third kappa shape index (κ3) is 2.60. The molecule has 4 heteroatoms. The number of aromatic nitrogens is 1. The molecular formula is C17H16N2O2. The number of amides is 1. The molecule has 2 N–H and O–H groups in total. The quantitative estimate of drug-likeness (QED) is 0.768. The van der Waals surface area contributed by atoms with Gasteiger partial charge in [0.2, 0.25) is 0 Å². The van der Waals surface area contributed by atoms with E-state index in [0.717, 1.165) is 22.3 Å². The molecule has 0 saturated carbocycles. The van der Waals surface area contributed by atoms with Gasteiger partial charge in [-0.1, -0.05) is 12.1 Å². The second kappa shape index (κ2) is 5.32. The van der Waals surface area contributed by atoms with Gasteiger partial charge in [0, 0.05) is 22.3 Å². The van der Waals surface area contributed by atoms with Crippen LogP contribution in [0, 0.1) is 6.92 Å². The number of hydrogen-bond donors (Lipinski definition) is 2. The summed E-state index contributed by atoms with van der Waals surface area (Å²) in [6, 6.07) is 15.0. The van der Waals surface area contributed by atoms with Gasteiger partial charge >= 0.3 is 0 Å². The highest BCUT2D eigenvalue weighted by atomic mass is 16.5. The van der Waals surface area contributed by atoms with Gasteiger partial charge < -0.3 is 15.0 Å². The molecule has 0 bridgehead atoms. The van der Waals surface area contributed by atoms with Crippen LogP contribution in [0.1, 0.15) is 16.1 Å². The van der Waals surface area contributed by atoms with Gasteiger partial charge in [-0.25, -0.2) is 0 Å². The third-order valence-corrected chi connectivity index (χ3v) is 3.36. The van der Waals surface area contributed by atoms with Gasteiger partial charge in [0.05, 0.1) is 12.7 Å². The van der Waals surface area contributed by atoms with Crippen molar-refractivity contribution >= 4 is 22.5 Å². The van der Waals surface area contributed by atoms with Gasteiger partial charge in [-0.2, -0.15) is 0 Å². The Morgan fingerprint density at radius 2 is 1.95 bits per heavy atom. The van der Waals surface area contributed by atoms with Crippen molar-refractivity contribution in [3.63, 3.8) is 0 Å². The Labute approximate surface area is 122 Å². The minimum absolute atomic E-state index is 0.181. The summed E-state index contributed by atoms with van der Waals surface area (Å²) in [6.07, 6.45) is 0. The average Bonchev–Trinajstić information content (AvgIpc) is 2.86. The maximum atomic E-state index is 12.3. The third-order valence-electron chi connectivity index (χ3n) is 3.36. The highest BCUT2D eigenvalue weighted by molar-refractivity contribution is 6.06. The first kappa shape index (κ1) is 13.2. The van der Waals surface area contributed by atoms with E-state index in [9.17, 15) is 4.79 Å². The van der Waals surface area contributed by atoms with Crippen LogP contribution < -0.4 is 10.1 Å². The van der Waals surface area contributed by atoms with Crippen LogP contribution >= 0.6 is 0 Å². The molecule has 106 valence electrons. The van der Waals surface area contributed by atoms with Crippen molar-refractivity contribution in [1.82, 2.24) is 4.98 Å². The summed E-state index contributed by atoms with van der Waals surface area (Å²) in [5.74, 6) is 0.382. The highest BCUT2D eigenvalue weighted by Gasteiger charge is 2.11. The van der Waals surface area contributed by atoms with E-state index >= 15 is 0 Å². The maximum absolute atomic E-state index is 12.3. The number of carbonyl (C=O) groups excluding carboxylic acids is 1. The summed E-state index contributed by atoms with van der Waals surface area (Å²) >= 11 is 0. The summed E-state index contributed by atoms with van der Waals surface area (Å²) in [5.41, 5.74) is 3.43. The summed E-state index contributed by atoms with van der Waals surface area (Å²) in [6.45, 7) is 2.01. The molecule has 0 unspecified atom stereocenters. The van der Waals surface area contributed by atoms with E-state index in [1.54, 1.807) is 19.2 Å². The topological polar surface area (TPSA) is 54.1 Å². The van der Waals surface area contributed by atoms with Gasteiger partial charge in [-0.15, -0.1) is 0 Å². The molecule has 0 saturated heterocycles. The number of fused-ring (bicyclic) bond motifs is 1. The van der Waals surface area contributed by atoms with E-state index in [1.807, 2.05) is 43.3 Å². The van der Waals surface area contributed by atoms with E-state index in [4.69, 9.17) is 4.74 Å². The fraction of sp³-hybridized carbons (Fsp3) is 0.118. The van der Waals surface area contributed by atoms with Crippen molar-refractivity contribution in [3.8, 4) is 5.75 Å². The van der Waals surface area contributed by atoms with Crippen molar-refractivity contribution < 1.29 is 9.53 Å². The molecule has 1 heterocycles. The van der Waals surface area contributed by atoms with Crippen molar-refractivity contribution in [2.75, 3.05) is 12.4 Å². The second-order valence-corrected chi connectivity index (χ2v) is 4.91. The van der Waals surface area contributed by atoms with Gasteiger partial charge in [-0.05, 0) is 43.3 Å². The lowest BCUT2D eigenvalue weighted by Crippen LogP contribution is -2.12. The van der Waals surface area contributed by atoms with Gasteiger partial charge in [0.15, 0.2) is 0 Å². The molecule has 0 aliphatic heterocycles. The number of hydrogen-bond acceptors (Lipinski definition) is 2. The molecule has 1 aromatic heterocycles. The lowest BCUT2D eigenvalue weighted by Gasteiger charge is -2.09. The standard InChI is InChI=1S/C17H16N2O2/c1-11-9-12-10-13(7-8-15(12)18-11)19-17(20)14-5-3-4-6-16(14)21-2/h3-10,18H,1-2H3,(H,19,20). The molecule has 2 aromatic carbocycles. The molecule has 0 aliphatic carbocycles. The van der Waals surface area contributed by atoms with Gasteiger partial charge in [0.25, 0.3) is 5.91 Å². The molecule has 3 aromatic rings. The van der Waals surface area contributed by atoms with Crippen molar-refractivity contribution in [2.24, 2.45) is 0 Å². The van der Waals surface area contributed by atoms with Crippen LogP contribution in [0.3, 0.4) is 0 Å². The largest absolute Gasteiger partial charge is 0.496 e. The minimum Gasteiger partial charge on any atom is -0.496 e. The van der Waals surface area contributed by atoms with Crippen LogP contribution in [0.25, 0.3) is 10.9 Å². The summed E-state index contributed by atoms with van der Waals surface area (Å²) in [4.78, 5) is 15.6. The summed E-state index contributed by atoms with van der Waals surface area (Å²) in [5, 5.41) is 3.98. The Morgan fingerprint density at radius 1 is 1.14 bits per heavy atom. The zero-order chi connectivity index (χ0) is 14.8. The molecule has 0 spiro atoms. The number of para-hydroxylation sites is 1. The van der Waals surface area contributed by atoms with E-state index in [0.29, 0.717) is 11.3 Å². The predicted octanol–water partition coefficient (Wildman–Crippen LogP) is 3.74. The number of aromatic amines is 1. The number of benzene rings is 2. The monoisotopic (exact) mass is 280 g/mol. The van der Waals surface area contributed by atoms with E-state index < -0.39 is 0 Å². The second-order valence-electron chi connectivity index (χ2n) is 4.91. The van der Waals surface area contributed by atoms with E-state index in [-0.39, 0.29) is 5.91 Å². The number of carbonyl (C=O) groups is 1. The predicted molar refractivity (Wildman–Crippen MR) is 84.0 cm³/mol. The molecular weight excluding hydrogens is 264 g/mol. The fourth-order valence-electron chi connectivity index (χ4n) is 2.39. The number of aryl methyl sites for hydroxylation is 1. The average molecular weight is 280 g/mol. The Kier molecular flexibility index (Phi) is 3.36. The molecule has 21 heavy (non-hydrogen) atoms. The van der Waals surface area contributed by atoms with Crippen molar-refractivity contribution in [2.45, 2.75) is 6.92 Å². The first-order valence-corrected chi connectivity index (χ1v) is 6.71. The summed E-state index contributed by atoms with van der Waals surface area (Å²) in [7, 11) is 1.56. The fourth-order valence-corrected chi connectivity index (χ4v) is 2.39. The molecule has 3 rings (SSSR count). The van der Waals surface area contributed by atoms with Crippen LogP contribution in [0.4, 0.5) is 5.69 Å². The molecule has 4 nitrogen and oxygen atoms in total. The van der Waals surface area contributed by atoms with Crippen LogP contribution in [0.2, 0.25) is 0 Å². The van der Waals surface area contributed by atoms with Crippen LogP contribution in [-0.2, 0) is 0 Å². The van der Waals surface area contributed by atoms with Crippen molar-refractivity contribution in [1.29, 1.82) is 0 Å². The van der Waals surface area contributed by atoms with E-state index in [2.05, 4.69) is 10.3 Å². The van der Waals surface area contributed by atoms with Gasteiger partial charge in [0.1, 0.15) is 5.75 Å². The number of rotatable bonds is 3. The summed E-state index contributed by atoms with van der Waals surface area (Å²) < 4.78 is 5.21. The van der Waals surface area contributed by atoms with Gasteiger partial charge in [-0.3, -0.25) is 4.79 Å². The number of anilines is 1.